The molecule has 3 aromatic rings. The summed E-state index contributed by atoms with van der Waals surface area (Å²) < 4.78 is 19.6. The lowest BCUT2D eigenvalue weighted by Gasteiger charge is -2.14. The highest BCUT2D eigenvalue weighted by Crippen LogP contribution is 2.41. The van der Waals surface area contributed by atoms with Crippen LogP contribution in [0.15, 0.2) is 23.5 Å². The highest BCUT2D eigenvalue weighted by molar-refractivity contribution is 5.89. The second-order valence-corrected chi connectivity index (χ2v) is 5.57. The summed E-state index contributed by atoms with van der Waals surface area (Å²) in [6.45, 7) is 3.24. The van der Waals surface area contributed by atoms with E-state index in [0.717, 1.165) is 12.4 Å². The lowest BCUT2D eigenvalue weighted by molar-refractivity contribution is 0.326. The van der Waals surface area contributed by atoms with Gasteiger partial charge in [-0.15, -0.1) is 10.2 Å². The maximum Gasteiger partial charge on any atom is 0.261 e. The molecule has 0 amide bonds. The van der Waals surface area contributed by atoms with E-state index in [1.165, 1.54) is 27.7 Å². The van der Waals surface area contributed by atoms with Gasteiger partial charge in [0.25, 0.3) is 5.56 Å². The Morgan fingerprint density at radius 1 is 1.04 bits per heavy atom. The van der Waals surface area contributed by atoms with Crippen LogP contribution < -0.4 is 19.8 Å². The molecule has 2 aromatic heterocycles. The van der Waals surface area contributed by atoms with Crippen molar-refractivity contribution in [2.24, 2.45) is 0 Å². The van der Waals surface area contributed by atoms with Gasteiger partial charge in [-0.3, -0.25) is 9.36 Å². The lowest BCUT2D eigenvalue weighted by atomic mass is 10.2. The van der Waals surface area contributed by atoms with E-state index in [9.17, 15) is 4.79 Å². The molecule has 138 valence electrons. The summed E-state index contributed by atoms with van der Waals surface area (Å²) >= 11 is 0. The molecule has 0 spiro atoms. The standard InChI is InChI=1S/C17H21N5O4/c1-5-21-10-19-20-13(21)6-7-22-9-18-14-11(17(22)23)8-12(24-2)15(25-3)16(14)26-4/h8-10H,5-7H2,1-4H3. The zero-order valence-electron chi connectivity index (χ0n) is 15.2. The number of aryl methyl sites for hydroxylation is 3. The fourth-order valence-corrected chi connectivity index (χ4v) is 2.88. The molecule has 0 aliphatic carbocycles. The second-order valence-electron chi connectivity index (χ2n) is 5.57. The van der Waals surface area contributed by atoms with Crippen LogP contribution in [0.1, 0.15) is 12.7 Å². The van der Waals surface area contributed by atoms with E-state index < -0.39 is 0 Å². The SMILES string of the molecule is CCn1cnnc1CCn1cnc2c(OC)c(OC)c(OC)cc2c1=O. The molecule has 26 heavy (non-hydrogen) atoms. The van der Waals surface area contributed by atoms with Crippen molar-refractivity contribution >= 4 is 10.9 Å². The summed E-state index contributed by atoms with van der Waals surface area (Å²) in [7, 11) is 4.52. The number of methoxy groups -OCH3 is 3. The van der Waals surface area contributed by atoms with Gasteiger partial charge in [-0.25, -0.2) is 4.98 Å². The lowest BCUT2D eigenvalue weighted by Crippen LogP contribution is -2.22. The number of fused-ring (bicyclic) bond motifs is 1. The molecule has 0 atom stereocenters. The molecule has 9 nitrogen and oxygen atoms in total. The van der Waals surface area contributed by atoms with Crippen LogP contribution in [0.5, 0.6) is 17.2 Å². The average Bonchev–Trinajstić information content (AvgIpc) is 3.13. The Balaban J connectivity index is 2.04. The van der Waals surface area contributed by atoms with E-state index in [1.807, 2.05) is 11.5 Å². The molecule has 0 N–H and O–H groups in total. The molecule has 0 radical (unpaired) electrons. The molecule has 0 aliphatic rings. The van der Waals surface area contributed by atoms with Crippen molar-refractivity contribution in [3.05, 3.63) is 34.9 Å². The molecule has 9 heteroatoms. The first-order valence-corrected chi connectivity index (χ1v) is 8.19. The van der Waals surface area contributed by atoms with Gasteiger partial charge in [-0.2, -0.15) is 0 Å². The molecule has 0 unspecified atom stereocenters. The first kappa shape index (κ1) is 17.7. The Morgan fingerprint density at radius 2 is 1.81 bits per heavy atom. The number of ether oxygens (including phenoxy) is 3. The molecule has 1 aromatic carbocycles. The predicted octanol–water partition coefficient (Wildman–Crippen LogP) is 1.28. The summed E-state index contributed by atoms with van der Waals surface area (Å²) in [5.41, 5.74) is 0.250. The fraction of sp³-hybridized carbons (Fsp3) is 0.412. The molecule has 0 saturated heterocycles. The van der Waals surface area contributed by atoms with Gasteiger partial charge in [-0.1, -0.05) is 0 Å². The number of nitrogens with zero attached hydrogens (tertiary/aromatic N) is 5. The molecule has 0 saturated carbocycles. The molecule has 2 heterocycles. The van der Waals surface area contributed by atoms with Gasteiger partial charge in [0.15, 0.2) is 11.5 Å². The molecule has 3 rings (SSSR count). The zero-order chi connectivity index (χ0) is 18.7. The van der Waals surface area contributed by atoms with Gasteiger partial charge in [0.05, 0.1) is 33.0 Å². The summed E-state index contributed by atoms with van der Waals surface area (Å²) in [5, 5.41) is 8.40. The summed E-state index contributed by atoms with van der Waals surface area (Å²) in [6, 6.07) is 1.62. The van der Waals surface area contributed by atoms with Crippen LogP contribution in [0.4, 0.5) is 0 Å². The normalized spacial score (nSPS) is 10.9. The van der Waals surface area contributed by atoms with Crippen LogP contribution in [0.25, 0.3) is 10.9 Å². The maximum absolute atomic E-state index is 12.9. The number of hydrogen-bond acceptors (Lipinski definition) is 7. The minimum absolute atomic E-state index is 0.184. The summed E-state index contributed by atoms with van der Waals surface area (Å²) in [6.07, 6.45) is 3.76. The second kappa shape index (κ2) is 7.42. The monoisotopic (exact) mass is 359 g/mol. The number of aromatic nitrogens is 5. The van der Waals surface area contributed by atoms with E-state index in [-0.39, 0.29) is 5.56 Å². The van der Waals surface area contributed by atoms with Crippen molar-refractivity contribution < 1.29 is 14.2 Å². The van der Waals surface area contributed by atoms with Crippen LogP contribution in [0.2, 0.25) is 0 Å². The first-order valence-electron chi connectivity index (χ1n) is 8.19. The molecular formula is C17H21N5O4. The van der Waals surface area contributed by atoms with E-state index in [0.29, 0.717) is 41.1 Å². The Bertz CT molecular complexity index is 979. The van der Waals surface area contributed by atoms with Crippen molar-refractivity contribution in [3.63, 3.8) is 0 Å². The molecule has 0 bridgehead atoms. The van der Waals surface area contributed by atoms with Crippen molar-refractivity contribution in [1.82, 2.24) is 24.3 Å². The molecule has 0 fully saturated rings. The third-order valence-electron chi connectivity index (χ3n) is 4.23. The number of hydrogen-bond donors (Lipinski definition) is 0. The van der Waals surface area contributed by atoms with Crippen LogP contribution >= 0.6 is 0 Å². The predicted molar refractivity (Wildman–Crippen MR) is 95.1 cm³/mol. The summed E-state index contributed by atoms with van der Waals surface area (Å²) in [4.78, 5) is 17.3. The largest absolute Gasteiger partial charge is 0.493 e. The van der Waals surface area contributed by atoms with Crippen LogP contribution in [0.3, 0.4) is 0 Å². The van der Waals surface area contributed by atoms with Gasteiger partial charge in [-0.05, 0) is 13.0 Å². The summed E-state index contributed by atoms with van der Waals surface area (Å²) in [5.74, 6) is 2.02. The van der Waals surface area contributed by atoms with Gasteiger partial charge < -0.3 is 18.8 Å². The van der Waals surface area contributed by atoms with Gasteiger partial charge >= 0.3 is 0 Å². The Labute approximate surface area is 150 Å². The van der Waals surface area contributed by atoms with E-state index in [1.54, 1.807) is 17.0 Å². The number of rotatable bonds is 7. The van der Waals surface area contributed by atoms with Crippen molar-refractivity contribution in [3.8, 4) is 17.2 Å². The fourth-order valence-electron chi connectivity index (χ4n) is 2.88. The minimum atomic E-state index is -0.184. The van der Waals surface area contributed by atoms with Crippen molar-refractivity contribution in [2.75, 3.05) is 21.3 Å². The third-order valence-corrected chi connectivity index (χ3v) is 4.23. The Hall–Kier alpha value is -3.10. The van der Waals surface area contributed by atoms with E-state index >= 15 is 0 Å². The minimum Gasteiger partial charge on any atom is -0.493 e. The maximum atomic E-state index is 12.9. The van der Waals surface area contributed by atoms with Gasteiger partial charge in [0, 0.05) is 19.5 Å². The van der Waals surface area contributed by atoms with Crippen molar-refractivity contribution in [2.45, 2.75) is 26.4 Å². The molecular weight excluding hydrogens is 338 g/mol. The van der Waals surface area contributed by atoms with Gasteiger partial charge in [0.1, 0.15) is 17.7 Å². The zero-order valence-corrected chi connectivity index (χ0v) is 15.2. The van der Waals surface area contributed by atoms with Crippen LogP contribution in [0, 0.1) is 0 Å². The Kier molecular flexibility index (Phi) is 5.06. The van der Waals surface area contributed by atoms with E-state index in [4.69, 9.17) is 14.2 Å². The first-order chi connectivity index (χ1) is 12.6. The topological polar surface area (TPSA) is 93.3 Å². The van der Waals surface area contributed by atoms with Crippen LogP contribution in [-0.2, 0) is 19.5 Å². The average molecular weight is 359 g/mol. The molecule has 0 aliphatic heterocycles. The quantitative estimate of drug-likeness (QED) is 0.627. The highest BCUT2D eigenvalue weighted by Gasteiger charge is 2.19. The van der Waals surface area contributed by atoms with E-state index in [2.05, 4.69) is 15.2 Å². The third kappa shape index (κ3) is 2.96. The Morgan fingerprint density at radius 3 is 2.46 bits per heavy atom. The van der Waals surface area contributed by atoms with Crippen LogP contribution in [-0.4, -0.2) is 45.6 Å². The van der Waals surface area contributed by atoms with Crippen molar-refractivity contribution in [1.29, 1.82) is 0 Å². The highest BCUT2D eigenvalue weighted by atomic mass is 16.5. The number of benzene rings is 1. The van der Waals surface area contributed by atoms with Gasteiger partial charge in [0.2, 0.25) is 5.75 Å². The smallest absolute Gasteiger partial charge is 0.261 e.